The van der Waals surface area contributed by atoms with Crippen LogP contribution in [0.15, 0.2) is 71.7 Å². The zero-order valence-corrected chi connectivity index (χ0v) is 18.1. The molecule has 4 rings (SSSR count). The zero-order valence-electron chi connectivity index (χ0n) is 18.1. The predicted octanol–water partition coefficient (Wildman–Crippen LogP) is 3.52. The molecule has 0 saturated carbocycles. The van der Waals surface area contributed by atoms with Crippen LogP contribution in [0.3, 0.4) is 0 Å². The van der Waals surface area contributed by atoms with E-state index in [1.165, 1.54) is 19.1 Å². The van der Waals surface area contributed by atoms with Crippen LogP contribution in [0.4, 0.5) is 5.69 Å². The SMILES string of the molecule is COc1cc2c(cc1OC)N(C)C(=O)CN=C2NC(=O)c1ccc(-c2ccccc2)cc1. The van der Waals surface area contributed by atoms with E-state index in [1.54, 1.807) is 31.3 Å². The van der Waals surface area contributed by atoms with Crippen LogP contribution in [0.25, 0.3) is 11.1 Å². The first-order valence-corrected chi connectivity index (χ1v) is 10.1. The molecule has 0 bridgehead atoms. The van der Waals surface area contributed by atoms with Gasteiger partial charge in [-0.05, 0) is 29.3 Å². The Labute approximate surface area is 186 Å². The molecule has 0 unspecified atom stereocenters. The van der Waals surface area contributed by atoms with E-state index in [-0.39, 0.29) is 18.4 Å². The molecule has 0 atom stereocenters. The fourth-order valence-corrected chi connectivity index (χ4v) is 3.54. The molecule has 0 radical (unpaired) electrons. The number of anilines is 1. The van der Waals surface area contributed by atoms with Gasteiger partial charge in [0.1, 0.15) is 12.4 Å². The molecule has 7 nitrogen and oxygen atoms in total. The van der Waals surface area contributed by atoms with Gasteiger partial charge in [-0.2, -0.15) is 0 Å². The van der Waals surface area contributed by atoms with Crippen molar-refractivity contribution in [3.8, 4) is 22.6 Å². The molecule has 0 saturated heterocycles. The van der Waals surface area contributed by atoms with Gasteiger partial charge in [-0.15, -0.1) is 0 Å². The second-order valence-corrected chi connectivity index (χ2v) is 7.24. The number of fused-ring (bicyclic) bond motifs is 1. The summed E-state index contributed by atoms with van der Waals surface area (Å²) in [6.07, 6.45) is 0. The number of ether oxygens (including phenoxy) is 2. The summed E-state index contributed by atoms with van der Waals surface area (Å²) in [5.74, 6) is 0.741. The highest BCUT2D eigenvalue weighted by Crippen LogP contribution is 2.36. The van der Waals surface area contributed by atoms with E-state index < -0.39 is 0 Å². The van der Waals surface area contributed by atoms with Gasteiger partial charge in [0.2, 0.25) is 5.91 Å². The molecule has 0 fully saturated rings. The Morgan fingerprint density at radius 1 is 0.938 bits per heavy atom. The van der Waals surface area contributed by atoms with Gasteiger partial charge in [0, 0.05) is 24.2 Å². The third kappa shape index (κ3) is 4.05. The van der Waals surface area contributed by atoms with E-state index in [2.05, 4.69) is 10.3 Å². The van der Waals surface area contributed by atoms with E-state index in [1.807, 2.05) is 42.5 Å². The highest BCUT2D eigenvalue weighted by Gasteiger charge is 2.25. The number of hydrogen-bond donors (Lipinski definition) is 1. The maximum atomic E-state index is 13.0. The van der Waals surface area contributed by atoms with E-state index in [4.69, 9.17) is 9.47 Å². The second kappa shape index (κ2) is 8.93. The van der Waals surface area contributed by atoms with Crippen molar-refractivity contribution in [3.63, 3.8) is 0 Å². The van der Waals surface area contributed by atoms with Crippen molar-refractivity contribution in [2.24, 2.45) is 4.99 Å². The van der Waals surface area contributed by atoms with Crippen molar-refractivity contribution in [1.29, 1.82) is 0 Å². The molecule has 0 spiro atoms. The Morgan fingerprint density at radius 3 is 2.22 bits per heavy atom. The summed E-state index contributed by atoms with van der Waals surface area (Å²) in [4.78, 5) is 31.3. The van der Waals surface area contributed by atoms with Gasteiger partial charge >= 0.3 is 0 Å². The average molecular weight is 429 g/mol. The van der Waals surface area contributed by atoms with Gasteiger partial charge in [0.15, 0.2) is 11.5 Å². The van der Waals surface area contributed by atoms with E-state index in [0.717, 1.165) is 11.1 Å². The number of aliphatic imine (C=N–C) groups is 1. The van der Waals surface area contributed by atoms with Gasteiger partial charge in [0.25, 0.3) is 5.91 Å². The molecular formula is C25H23N3O4. The van der Waals surface area contributed by atoms with Crippen LogP contribution in [0.2, 0.25) is 0 Å². The zero-order chi connectivity index (χ0) is 22.7. The minimum atomic E-state index is -0.318. The molecule has 1 aliphatic rings. The highest BCUT2D eigenvalue weighted by molar-refractivity contribution is 6.18. The summed E-state index contributed by atoms with van der Waals surface area (Å²) >= 11 is 0. The summed E-state index contributed by atoms with van der Waals surface area (Å²) in [7, 11) is 4.72. The Kier molecular flexibility index (Phi) is 5.89. The molecule has 2 amide bonds. The molecule has 0 aromatic heterocycles. The van der Waals surface area contributed by atoms with Crippen LogP contribution in [-0.4, -0.2) is 45.5 Å². The smallest absolute Gasteiger partial charge is 0.256 e. The Hall–Kier alpha value is -4.13. The number of likely N-dealkylation sites (N-methyl/N-ethyl adjacent to an activating group) is 1. The highest BCUT2D eigenvalue weighted by atomic mass is 16.5. The number of nitrogens with zero attached hydrogens (tertiary/aromatic N) is 2. The number of benzene rings is 3. The number of rotatable bonds is 4. The minimum Gasteiger partial charge on any atom is -0.493 e. The van der Waals surface area contributed by atoms with Crippen molar-refractivity contribution in [3.05, 3.63) is 77.9 Å². The number of carbonyl (C=O) groups is 2. The third-order valence-corrected chi connectivity index (χ3v) is 5.35. The number of amides is 2. The molecule has 162 valence electrons. The number of nitrogens with one attached hydrogen (secondary N) is 1. The molecule has 1 heterocycles. The number of amidine groups is 1. The first-order chi connectivity index (χ1) is 15.5. The minimum absolute atomic E-state index is 0.0850. The van der Waals surface area contributed by atoms with Crippen LogP contribution < -0.4 is 19.7 Å². The van der Waals surface area contributed by atoms with Crippen LogP contribution in [-0.2, 0) is 4.79 Å². The van der Waals surface area contributed by atoms with Crippen molar-refractivity contribution < 1.29 is 19.1 Å². The van der Waals surface area contributed by atoms with E-state index in [0.29, 0.717) is 34.1 Å². The van der Waals surface area contributed by atoms with Crippen LogP contribution in [0.5, 0.6) is 11.5 Å². The van der Waals surface area contributed by atoms with Gasteiger partial charge < -0.3 is 19.7 Å². The normalized spacial score (nSPS) is 13.0. The summed E-state index contributed by atoms with van der Waals surface area (Å²) in [5.41, 5.74) is 3.72. The lowest BCUT2D eigenvalue weighted by atomic mass is 10.0. The fraction of sp³-hybridized carbons (Fsp3) is 0.160. The topological polar surface area (TPSA) is 80.2 Å². The molecule has 3 aromatic carbocycles. The average Bonchev–Trinajstić information content (AvgIpc) is 2.95. The van der Waals surface area contributed by atoms with E-state index >= 15 is 0 Å². The lowest BCUT2D eigenvalue weighted by molar-refractivity contribution is -0.116. The van der Waals surface area contributed by atoms with Gasteiger partial charge in [-0.25, -0.2) is 0 Å². The fourth-order valence-electron chi connectivity index (χ4n) is 3.54. The first kappa shape index (κ1) is 21.1. The molecular weight excluding hydrogens is 406 g/mol. The van der Waals surface area contributed by atoms with Gasteiger partial charge in [0.05, 0.1) is 19.9 Å². The molecule has 1 N–H and O–H groups in total. The van der Waals surface area contributed by atoms with Crippen molar-refractivity contribution >= 4 is 23.3 Å². The predicted molar refractivity (Wildman–Crippen MR) is 124 cm³/mol. The monoisotopic (exact) mass is 429 g/mol. The van der Waals surface area contributed by atoms with Crippen molar-refractivity contribution in [1.82, 2.24) is 5.32 Å². The third-order valence-electron chi connectivity index (χ3n) is 5.35. The first-order valence-electron chi connectivity index (χ1n) is 10.1. The van der Waals surface area contributed by atoms with Crippen LogP contribution in [0, 0.1) is 0 Å². The molecule has 32 heavy (non-hydrogen) atoms. The van der Waals surface area contributed by atoms with E-state index in [9.17, 15) is 9.59 Å². The Morgan fingerprint density at radius 2 is 1.56 bits per heavy atom. The van der Waals surface area contributed by atoms with Crippen LogP contribution >= 0.6 is 0 Å². The standard InChI is InChI=1S/C25H23N3O4/c1-28-20-14-22(32-3)21(31-2)13-19(20)24(26-15-23(28)29)27-25(30)18-11-9-17(10-12-18)16-7-5-4-6-8-16/h4-14H,15H2,1-3H3,(H,26,27,30). The number of hydrogen-bond acceptors (Lipinski definition) is 5. The lowest BCUT2D eigenvalue weighted by Gasteiger charge is -2.20. The summed E-state index contributed by atoms with van der Waals surface area (Å²) < 4.78 is 10.8. The van der Waals surface area contributed by atoms with Gasteiger partial charge in [-0.1, -0.05) is 42.5 Å². The maximum Gasteiger partial charge on any atom is 0.256 e. The molecule has 0 aliphatic carbocycles. The second-order valence-electron chi connectivity index (χ2n) is 7.24. The Balaban J connectivity index is 1.64. The molecule has 7 heteroatoms. The largest absolute Gasteiger partial charge is 0.493 e. The summed E-state index contributed by atoms with van der Waals surface area (Å²) in [5, 5.41) is 2.86. The quantitative estimate of drug-likeness (QED) is 0.688. The lowest BCUT2D eigenvalue weighted by Crippen LogP contribution is -2.32. The number of carbonyl (C=O) groups excluding carboxylic acids is 2. The summed E-state index contributed by atoms with van der Waals surface area (Å²) in [6.45, 7) is -0.0850. The number of methoxy groups -OCH3 is 2. The summed E-state index contributed by atoms with van der Waals surface area (Å²) in [6, 6.07) is 20.7. The maximum absolute atomic E-state index is 13.0. The van der Waals surface area contributed by atoms with Crippen LogP contribution in [0.1, 0.15) is 15.9 Å². The molecule has 3 aromatic rings. The van der Waals surface area contributed by atoms with Crippen molar-refractivity contribution in [2.75, 3.05) is 32.7 Å². The molecule has 1 aliphatic heterocycles. The van der Waals surface area contributed by atoms with Gasteiger partial charge in [-0.3, -0.25) is 14.6 Å². The number of benzodiazepines with no additional fused rings is 1. The van der Waals surface area contributed by atoms with Crippen molar-refractivity contribution in [2.45, 2.75) is 0 Å². The Bertz CT molecular complexity index is 1190.